The zero-order chi connectivity index (χ0) is 19.2. The number of esters is 1. The van der Waals surface area contributed by atoms with Crippen molar-refractivity contribution in [2.45, 2.75) is 38.4 Å². The van der Waals surface area contributed by atoms with Gasteiger partial charge in [0.05, 0.1) is 0 Å². The molecule has 0 amide bonds. The van der Waals surface area contributed by atoms with Crippen LogP contribution < -0.4 is 4.74 Å². The molecule has 1 fully saturated rings. The van der Waals surface area contributed by atoms with Crippen molar-refractivity contribution in [2.24, 2.45) is 0 Å². The summed E-state index contributed by atoms with van der Waals surface area (Å²) < 4.78 is 11.9. The molecule has 2 aromatic carbocycles. The molecular formula is C22H25NO4. The van der Waals surface area contributed by atoms with E-state index < -0.39 is 11.6 Å². The maximum atomic E-state index is 13.0. The Balaban J connectivity index is 1.78. The SMILES string of the molecule is CN1CCC(OC(=O)c2c3c(c4ccccc4c2O)OC(C)(C)C=C3)CC1. The number of hydrogen-bond donors (Lipinski definition) is 1. The standard InChI is InChI=1S/C22H25NO4/c1-22(2)11-8-17-18(21(25)26-14-9-12-23(3)13-10-14)19(24)15-6-4-5-7-16(15)20(17)27-22/h4-8,11,14,24H,9-10,12-13H2,1-3H3. The lowest BCUT2D eigenvalue weighted by molar-refractivity contribution is 0.0135. The fourth-order valence-electron chi connectivity index (χ4n) is 3.78. The molecule has 0 aromatic heterocycles. The number of rotatable bonds is 2. The van der Waals surface area contributed by atoms with E-state index in [0.29, 0.717) is 16.7 Å². The molecule has 1 saturated heterocycles. The van der Waals surface area contributed by atoms with Crippen LogP contribution in [0.3, 0.4) is 0 Å². The van der Waals surface area contributed by atoms with Crippen molar-refractivity contribution in [1.29, 1.82) is 0 Å². The van der Waals surface area contributed by atoms with Crippen LogP contribution in [0.15, 0.2) is 30.3 Å². The topological polar surface area (TPSA) is 59.0 Å². The minimum atomic E-state index is -0.489. The quantitative estimate of drug-likeness (QED) is 0.814. The van der Waals surface area contributed by atoms with Crippen molar-refractivity contribution < 1.29 is 19.4 Å². The van der Waals surface area contributed by atoms with Gasteiger partial charge in [-0.15, -0.1) is 0 Å². The summed E-state index contributed by atoms with van der Waals surface area (Å²) in [5, 5.41) is 12.3. The third-order valence-electron chi connectivity index (χ3n) is 5.34. The highest BCUT2D eigenvalue weighted by Gasteiger charge is 2.32. The lowest BCUT2D eigenvalue weighted by Crippen LogP contribution is -2.35. The van der Waals surface area contributed by atoms with Crippen LogP contribution in [0.1, 0.15) is 42.6 Å². The number of phenols is 1. The Morgan fingerprint density at radius 3 is 2.59 bits per heavy atom. The fourth-order valence-corrected chi connectivity index (χ4v) is 3.78. The molecule has 0 spiro atoms. The highest BCUT2D eigenvalue weighted by atomic mass is 16.5. The molecule has 0 radical (unpaired) electrons. The second kappa shape index (κ2) is 6.57. The van der Waals surface area contributed by atoms with Gasteiger partial charge in [-0.1, -0.05) is 30.3 Å². The molecule has 0 bridgehead atoms. The molecule has 0 saturated carbocycles. The van der Waals surface area contributed by atoms with Crippen molar-refractivity contribution in [3.8, 4) is 11.5 Å². The summed E-state index contributed by atoms with van der Waals surface area (Å²) in [7, 11) is 2.06. The number of benzene rings is 2. The number of likely N-dealkylation sites (tertiary alicyclic amines) is 1. The van der Waals surface area contributed by atoms with Gasteiger partial charge in [-0.2, -0.15) is 0 Å². The smallest absolute Gasteiger partial charge is 0.342 e. The van der Waals surface area contributed by atoms with Gasteiger partial charge < -0.3 is 19.5 Å². The Labute approximate surface area is 159 Å². The molecule has 4 rings (SSSR count). The summed E-state index contributed by atoms with van der Waals surface area (Å²) in [6, 6.07) is 7.43. The summed E-state index contributed by atoms with van der Waals surface area (Å²) in [5.74, 6) is 0.0819. The van der Waals surface area contributed by atoms with Crippen LogP contribution in [0.5, 0.6) is 11.5 Å². The number of fused-ring (bicyclic) bond motifs is 3. The minimum absolute atomic E-state index is 0.0461. The largest absolute Gasteiger partial charge is 0.506 e. The van der Waals surface area contributed by atoms with Crippen molar-refractivity contribution in [3.63, 3.8) is 0 Å². The van der Waals surface area contributed by atoms with Gasteiger partial charge in [0.15, 0.2) is 0 Å². The van der Waals surface area contributed by atoms with Gasteiger partial charge in [-0.05, 0) is 39.8 Å². The van der Waals surface area contributed by atoms with E-state index in [2.05, 4.69) is 11.9 Å². The summed E-state index contributed by atoms with van der Waals surface area (Å²) in [5.41, 5.74) is 0.292. The van der Waals surface area contributed by atoms with Crippen LogP contribution in [0.2, 0.25) is 0 Å². The fraction of sp³-hybridized carbons (Fsp3) is 0.409. The molecule has 2 aromatic rings. The zero-order valence-corrected chi connectivity index (χ0v) is 16.0. The van der Waals surface area contributed by atoms with Crippen molar-refractivity contribution in [3.05, 3.63) is 41.5 Å². The Morgan fingerprint density at radius 2 is 1.89 bits per heavy atom. The number of nitrogens with zero attached hydrogens (tertiary/aromatic N) is 1. The lowest BCUT2D eigenvalue weighted by atomic mass is 9.93. The highest BCUT2D eigenvalue weighted by Crippen LogP contribution is 2.45. The monoisotopic (exact) mass is 367 g/mol. The van der Waals surface area contributed by atoms with Crippen LogP contribution in [-0.4, -0.2) is 47.8 Å². The predicted molar refractivity (Wildman–Crippen MR) is 105 cm³/mol. The van der Waals surface area contributed by atoms with E-state index in [1.54, 1.807) is 6.07 Å². The number of aromatic hydroxyl groups is 1. The molecule has 5 heteroatoms. The molecule has 5 nitrogen and oxygen atoms in total. The molecule has 0 atom stereocenters. The van der Waals surface area contributed by atoms with Crippen LogP contribution in [0.25, 0.3) is 16.8 Å². The van der Waals surface area contributed by atoms with Gasteiger partial charge in [0.1, 0.15) is 28.8 Å². The summed E-state index contributed by atoms with van der Waals surface area (Å²) in [6.45, 7) is 5.73. The maximum absolute atomic E-state index is 13.0. The van der Waals surface area contributed by atoms with Crippen molar-refractivity contribution in [1.82, 2.24) is 4.90 Å². The lowest BCUT2D eigenvalue weighted by Gasteiger charge is -2.31. The van der Waals surface area contributed by atoms with Crippen LogP contribution in [0.4, 0.5) is 0 Å². The predicted octanol–water partition coefficient (Wildman–Crippen LogP) is 3.98. The number of phenolic OH excluding ortho intramolecular Hbond substituents is 1. The van der Waals surface area contributed by atoms with Crippen LogP contribution in [0, 0.1) is 0 Å². The van der Waals surface area contributed by atoms with Gasteiger partial charge in [-0.3, -0.25) is 0 Å². The van der Waals surface area contributed by atoms with Gasteiger partial charge in [0, 0.05) is 29.4 Å². The first-order valence-electron chi connectivity index (χ1n) is 9.41. The van der Waals surface area contributed by atoms with E-state index >= 15 is 0 Å². The maximum Gasteiger partial charge on any atom is 0.342 e. The second-order valence-corrected chi connectivity index (χ2v) is 7.96. The Bertz CT molecular complexity index is 924. The summed E-state index contributed by atoms with van der Waals surface area (Å²) in [6.07, 6.45) is 5.24. The molecular weight excluding hydrogens is 342 g/mol. The van der Waals surface area contributed by atoms with E-state index in [-0.39, 0.29) is 17.4 Å². The Hall–Kier alpha value is -2.53. The first kappa shape index (κ1) is 17.9. The first-order chi connectivity index (χ1) is 12.9. The number of carbonyl (C=O) groups is 1. The van der Waals surface area contributed by atoms with E-state index in [4.69, 9.17) is 9.47 Å². The third-order valence-corrected chi connectivity index (χ3v) is 5.34. The average Bonchev–Trinajstić information content (AvgIpc) is 2.64. The molecule has 2 aliphatic heterocycles. The molecule has 2 heterocycles. The van der Waals surface area contributed by atoms with Gasteiger partial charge in [0.25, 0.3) is 0 Å². The van der Waals surface area contributed by atoms with Gasteiger partial charge in [-0.25, -0.2) is 4.79 Å². The number of ether oxygens (including phenoxy) is 2. The molecule has 0 aliphatic carbocycles. The van der Waals surface area contributed by atoms with Crippen molar-refractivity contribution >= 4 is 22.8 Å². The summed E-state index contributed by atoms with van der Waals surface area (Å²) >= 11 is 0. The third kappa shape index (κ3) is 3.28. The van der Waals surface area contributed by atoms with Crippen molar-refractivity contribution in [2.75, 3.05) is 20.1 Å². The molecule has 1 N–H and O–H groups in total. The average molecular weight is 367 g/mol. The van der Waals surface area contributed by atoms with Gasteiger partial charge in [0.2, 0.25) is 0 Å². The molecule has 27 heavy (non-hydrogen) atoms. The van der Waals surface area contributed by atoms with E-state index in [1.165, 1.54) is 0 Å². The summed E-state index contributed by atoms with van der Waals surface area (Å²) in [4.78, 5) is 15.2. The van der Waals surface area contributed by atoms with Crippen LogP contribution >= 0.6 is 0 Å². The van der Waals surface area contributed by atoms with E-state index in [9.17, 15) is 9.90 Å². The second-order valence-electron chi connectivity index (χ2n) is 7.96. The Morgan fingerprint density at radius 1 is 1.22 bits per heavy atom. The zero-order valence-electron chi connectivity index (χ0n) is 16.0. The van der Waals surface area contributed by atoms with Crippen LogP contribution in [-0.2, 0) is 4.74 Å². The Kier molecular flexibility index (Phi) is 4.35. The van der Waals surface area contributed by atoms with E-state index in [1.807, 2.05) is 44.2 Å². The molecule has 142 valence electrons. The van der Waals surface area contributed by atoms with E-state index in [0.717, 1.165) is 31.3 Å². The normalized spacial score (nSPS) is 19.5. The number of piperidine rings is 1. The minimum Gasteiger partial charge on any atom is -0.506 e. The number of carbonyl (C=O) groups excluding carboxylic acids is 1. The number of hydrogen-bond acceptors (Lipinski definition) is 5. The van der Waals surface area contributed by atoms with Gasteiger partial charge >= 0.3 is 5.97 Å². The molecule has 2 aliphatic rings. The highest BCUT2D eigenvalue weighted by molar-refractivity contribution is 6.08. The molecule has 0 unspecified atom stereocenters. The first-order valence-corrected chi connectivity index (χ1v) is 9.41.